The highest BCUT2D eigenvalue weighted by molar-refractivity contribution is 5.83. The largest absolute Gasteiger partial charge is 0.348 e. The zero-order chi connectivity index (χ0) is 15.4. The molecule has 3 heteroatoms. The van der Waals surface area contributed by atoms with Crippen molar-refractivity contribution in [2.24, 2.45) is 5.73 Å². The Morgan fingerprint density at radius 2 is 1.76 bits per heavy atom. The van der Waals surface area contributed by atoms with Crippen LogP contribution in [0.4, 0.5) is 0 Å². The van der Waals surface area contributed by atoms with Crippen LogP contribution in [-0.4, -0.2) is 5.91 Å². The Balaban J connectivity index is 2.10. The van der Waals surface area contributed by atoms with Crippen LogP contribution >= 0.6 is 0 Å². The molecule has 1 amide bonds. The number of carbonyl (C=O) groups is 1. The zero-order valence-corrected chi connectivity index (χ0v) is 12.8. The third-order valence-corrected chi connectivity index (χ3v) is 3.70. The van der Waals surface area contributed by atoms with Crippen LogP contribution in [0, 0.1) is 13.8 Å². The molecular formula is C18H22N2O. The van der Waals surface area contributed by atoms with Crippen molar-refractivity contribution < 1.29 is 4.79 Å². The molecule has 0 aliphatic rings. The van der Waals surface area contributed by atoms with Crippen LogP contribution in [0.3, 0.4) is 0 Å². The molecule has 2 unspecified atom stereocenters. The Bertz CT molecular complexity index is 622. The highest BCUT2D eigenvalue weighted by Crippen LogP contribution is 2.20. The van der Waals surface area contributed by atoms with Gasteiger partial charge in [-0.3, -0.25) is 4.79 Å². The Kier molecular flexibility index (Phi) is 4.76. The Morgan fingerprint density at radius 1 is 1.10 bits per heavy atom. The lowest BCUT2D eigenvalue weighted by Gasteiger charge is -2.20. The maximum Gasteiger partial charge on any atom is 0.241 e. The number of carbonyl (C=O) groups excluding carboxylic acids is 1. The van der Waals surface area contributed by atoms with Crippen LogP contribution in [0.25, 0.3) is 0 Å². The van der Waals surface area contributed by atoms with E-state index in [9.17, 15) is 4.79 Å². The maximum atomic E-state index is 12.3. The van der Waals surface area contributed by atoms with Gasteiger partial charge in [0, 0.05) is 0 Å². The Labute approximate surface area is 126 Å². The third kappa shape index (κ3) is 3.70. The average molecular weight is 282 g/mol. The van der Waals surface area contributed by atoms with Gasteiger partial charge in [0.1, 0.15) is 6.04 Å². The summed E-state index contributed by atoms with van der Waals surface area (Å²) in [4.78, 5) is 12.3. The molecule has 21 heavy (non-hydrogen) atoms. The molecule has 0 aromatic heterocycles. The van der Waals surface area contributed by atoms with E-state index in [1.54, 1.807) is 0 Å². The fraction of sp³-hybridized carbons (Fsp3) is 0.278. The monoisotopic (exact) mass is 282 g/mol. The first-order valence-corrected chi connectivity index (χ1v) is 7.17. The van der Waals surface area contributed by atoms with Gasteiger partial charge in [0.15, 0.2) is 0 Å². The number of hydrogen-bond acceptors (Lipinski definition) is 2. The lowest BCUT2D eigenvalue weighted by Crippen LogP contribution is -2.35. The van der Waals surface area contributed by atoms with Crippen LogP contribution < -0.4 is 11.1 Å². The maximum absolute atomic E-state index is 12.3. The molecule has 0 saturated carbocycles. The standard InChI is InChI=1S/C18H22N2O/c1-12-9-10-13(2)16(11-12)14(3)20-18(21)17(19)15-7-5-4-6-8-15/h4-11,14,17H,19H2,1-3H3,(H,20,21). The van der Waals surface area contributed by atoms with Crippen molar-refractivity contribution in [3.05, 3.63) is 70.8 Å². The van der Waals surface area contributed by atoms with Crippen LogP contribution in [0.2, 0.25) is 0 Å². The molecule has 0 bridgehead atoms. The number of nitrogens with one attached hydrogen (secondary N) is 1. The van der Waals surface area contributed by atoms with Crippen molar-refractivity contribution in [1.29, 1.82) is 0 Å². The highest BCUT2D eigenvalue weighted by Gasteiger charge is 2.18. The van der Waals surface area contributed by atoms with Crippen LogP contribution in [0.1, 0.15) is 41.3 Å². The molecule has 0 saturated heterocycles. The SMILES string of the molecule is Cc1ccc(C)c(C(C)NC(=O)C(N)c2ccccc2)c1. The second-order valence-corrected chi connectivity index (χ2v) is 5.48. The topological polar surface area (TPSA) is 55.1 Å². The second-order valence-electron chi connectivity index (χ2n) is 5.48. The second kappa shape index (κ2) is 6.55. The van der Waals surface area contributed by atoms with E-state index in [2.05, 4.69) is 30.4 Å². The molecule has 2 atom stereocenters. The molecule has 0 spiro atoms. The van der Waals surface area contributed by atoms with Gasteiger partial charge in [-0.05, 0) is 37.5 Å². The summed E-state index contributed by atoms with van der Waals surface area (Å²) < 4.78 is 0. The van der Waals surface area contributed by atoms with Crippen molar-refractivity contribution in [2.75, 3.05) is 0 Å². The van der Waals surface area contributed by atoms with Gasteiger partial charge in [0.25, 0.3) is 0 Å². The summed E-state index contributed by atoms with van der Waals surface area (Å²) in [7, 11) is 0. The fourth-order valence-electron chi connectivity index (χ4n) is 2.42. The minimum atomic E-state index is -0.640. The van der Waals surface area contributed by atoms with Crippen molar-refractivity contribution in [3.63, 3.8) is 0 Å². The van der Waals surface area contributed by atoms with Crippen LogP contribution in [0.15, 0.2) is 48.5 Å². The summed E-state index contributed by atoms with van der Waals surface area (Å²) in [6, 6.07) is 15.0. The predicted octanol–water partition coefficient (Wildman–Crippen LogP) is 3.18. The molecule has 2 rings (SSSR count). The summed E-state index contributed by atoms with van der Waals surface area (Å²) in [5.41, 5.74) is 10.3. The summed E-state index contributed by atoms with van der Waals surface area (Å²) in [6.07, 6.45) is 0. The number of benzene rings is 2. The summed E-state index contributed by atoms with van der Waals surface area (Å²) in [5.74, 6) is -0.158. The lowest BCUT2D eigenvalue weighted by atomic mass is 9.99. The molecule has 3 nitrogen and oxygen atoms in total. The van der Waals surface area contributed by atoms with E-state index in [4.69, 9.17) is 5.73 Å². The third-order valence-electron chi connectivity index (χ3n) is 3.70. The molecule has 0 aliphatic heterocycles. The van der Waals surface area contributed by atoms with E-state index < -0.39 is 6.04 Å². The fourth-order valence-corrected chi connectivity index (χ4v) is 2.42. The molecule has 0 radical (unpaired) electrons. The van der Waals surface area contributed by atoms with Gasteiger partial charge < -0.3 is 11.1 Å². The summed E-state index contributed by atoms with van der Waals surface area (Å²) >= 11 is 0. The van der Waals surface area contributed by atoms with E-state index in [0.717, 1.165) is 11.1 Å². The van der Waals surface area contributed by atoms with Gasteiger partial charge >= 0.3 is 0 Å². The molecule has 2 aromatic carbocycles. The molecule has 0 fully saturated rings. The summed E-state index contributed by atoms with van der Waals surface area (Å²) in [5, 5.41) is 3.00. The van der Waals surface area contributed by atoms with E-state index in [-0.39, 0.29) is 11.9 Å². The van der Waals surface area contributed by atoms with Gasteiger partial charge in [0.05, 0.1) is 6.04 Å². The first kappa shape index (κ1) is 15.3. The molecule has 110 valence electrons. The van der Waals surface area contributed by atoms with Crippen LogP contribution in [-0.2, 0) is 4.79 Å². The molecular weight excluding hydrogens is 260 g/mol. The normalized spacial score (nSPS) is 13.5. The lowest BCUT2D eigenvalue weighted by molar-refractivity contribution is -0.123. The first-order chi connectivity index (χ1) is 9.99. The quantitative estimate of drug-likeness (QED) is 0.905. The molecule has 3 N–H and O–H groups in total. The van der Waals surface area contributed by atoms with Crippen molar-refractivity contribution >= 4 is 5.91 Å². The first-order valence-electron chi connectivity index (χ1n) is 7.17. The zero-order valence-electron chi connectivity index (χ0n) is 12.8. The number of aryl methyl sites for hydroxylation is 2. The van der Waals surface area contributed by atoms with Gasteiger partial charge in [0.2, 0.25) is 5.91 Å². The highest BCUT2D eigenvalue weighted by atomic mass is 16.2. The van der Waals surface area contributed by atoms with E-state index in [1.807, 2.05) is 44.2 Å². The molecule has 2 aromatic rings. The Hall–Kier alpha value is -2.13. The van der Waals surface area contributed by atoms with Gasteiger partial charge in [-0.15, -0.1) is 0 Å². The molecule has 0 heterocycles. The van der Waals surface area contributed by atoms with Crippen LogP contribution in [0.5, 0.6) is 0 Å². The predicted molar refractivity (Wildman–Crippen MR) is 85.8 cm³/mol. The number of rotatable bonds is 4. The Morgan fingerprint density at radius 3 is 2.43 bits per heavy atom. The summed E-state index contributed by atoms with van der Waals surface area (Å²) in [6.45, 7) is 6.08. The number of amides is 1. The van der Waals surface area contributed by atoms with Crippen molar-refractivity contribution in [3.8, 4) is 0 Å². The minimum absolute atomic E-state index is 0.0628. The van der Waals surface area contributed by atoms with E-state index in [0.29, 0.717) is 0 Å². The number of hydrogen-bond donors (Lipinski definition) is 2. The van der Waals surface area contributed by atoms with Crippen molar-refractivity contribution in [2.45, 2.75) is 32.9 Å². The average Bonchev–Trinajstić information content (AvgIpc) is 2.49. The van der Waals surface area contributed by atoms with Crippen molar-refractivity contribution in [1.82, 2.24) is 5.32 Å². The number of nitrogens with two attached hydrogens (primary N) is 1. The van der Waals surface area contributed by atoms with Gasteiger partial charge in [-0.25, -0.2) is 0 Å². The minimum Gasteiger partial charge on any atom is -0.348 e. The van der Waals surface area contributed by atoms with E-state index >= 15 is 0 Å². The van der Waals surface area contributed by atoms with Gasteiger partial charge in [-0.1, -0.05) is 54.1 Å². The smallest absolute Gasteiger partial charge is 0.241 e. The molecule has 0 aliphatic carbocycles. The van der Waals surface area contributed by atoms with Gasteiger partial charge in [-0.2, -0.15) is 0 Å². The van der Waals surface area contributed by atoms with E-state index in [1.165, 1.54) is 11.1 Å².